The molecule has 2 N–H and O–H groups in total. The van der Waals surface area contributed by atoms with Gasteiger partial charge < -0.3 is 10.7 Å². The molecule has 0 radical (unpaired) electrons. The topological polar surface area (TPSA) is 34.2 Å². The predicted octanol–water partition coefficient (Wildman–Crippen LogP) is 4.11. The Hall–Kier alpha value is -1.48. The molecule has 1 saturated heterocycles. The molecule has 2 heterocycles. The summed E-state index contributed by atoms with van der Waals surface area (Å²) >= 11 is 0. The summed E-state index contributed by atoms with van der Waals surface area (Å²) in [6.07, 6.45) is 10.1. The molecule has 0 bridgehead atoms. The number of nitrogen functional groups attached to an aromatic ring is 1. The maximum atomic E-state index is 6.11. The van der Waals surface area contributed by atoms with Crippen molar-refractivity contribution in [1.82, 2.24) is 9.58 Å². The Labute approximate surface area is 134 Å². The van der Waals surface area contributed by atoms with Crippen LogP contribution in [0.3, 0.4) is 0 Å². The minimum Gasteiger partial charge on any atom is -0.339 e. The van der Waals surface area contributed by atoms with E-state index in [1.807, 2.05) is 0 Å². The van der Waals surface area contributed by atoms with Gasteiger partial charge in [0.05, 0.1) is 5.52 Å². The Bertz CT molecular complexity index is 594. The van der Waals surface area contributed by atoms with E-state index in [1.54, 1.807) is 4.68 Å². The molecular weight excluding hydrogens is 270 g/mol. The monoisotopic (exact) mass is 299 g/mol. The van der Waals surface area contributed by atoms with Gasteiger partial charge in [0, 0.05) is 11.6 Å². The molecule has 2 aromatic rings. The van der Waals surface area contributed by atoms with Gasteiger partial charge in [0.25, 0.3) is 0 Å². The van der Waals surface area contributed by atoms with E-state index in [1.165, 1.54) is 69.1 Å². The highest BCUT2D eigenvalue weighted by Crippen LogP contribution is 2.33. The minimum absolute atomic E-state index is 0.668. The number of rotatable bonds is 6. The lowest BCUT2D eigenvalue weighted by Gasteiger charge is -2.32. The van der Waals surface area contributed by atoms with E-state index in [2.05, 4.69) is 42.3 Å². The van der Waals surface area contributed by atoms with Crippen LogP contribution in [-0.2, 0) is 0 Å². The number of nitrogens with two attached hydrogens (primary N) is 1. The van der Waals surface area contributed by atoms with Gasteiger partial charge in [-0.15, -0.1) is 0 Å². The number of unbranched alkanes of at least 4 members (excludes halogenated alkanes) is 3. The van der Waals surface area contributed by atoms with E-state index in [9.17, 15) is 0 Å². The van der Waals surface area contributed by atoms with Crippen molar-refractivity contribution >= 4 is 10.9 Å². The summed E-state index contributed by atoms with van der Waals surface area (Å²) < 4.78 is 1.79. The van der Waals surface area contributed by atoms with Crippen molar-refractivity contribution in [3.8, 4) is 0 Å². The second kappa shape index (κ2) is 7.19. The number of fused-ring (bicyclic) bond motifs is 1. The number of hydrogen-bond acceptors (Lipinski definition) is 2. The first kappa shape index (κ1) is 15.4. The summed E-state index contributed by atoms with van der Waals surface area (Å²) in [5.74, 6) is 6.78. The standard InChI is InChI=1S/C19H29N3/c1-2-3-4-7-12-21-13-10-16(11-14-21)18-15-22(20)19-9-6-5-8-17(18)19/h5-6,8-9,15-16H,2-4,7,10-14,20H2,1H3. The predicted molar refractivity (Wildman–Crippen MR) is 94.6 cm³/mol. The second-order valence-electron chi connectivity index (χ2n) is 6.69. The molecule has 1 aromatic heterocycles. The van der Waals surface area contributed by atoms with Crippen molar-refractivity contribution in [3.05, 3.63) is 36.0 Å². The van der Waals surface area contributed by atoms with E-state index in [4.69, 9.17) is 5.84 Å². The highest BCUT2D eigenvalue weighted by atomic mass is 15.3. The van der Waals surface area contributed by atoms with Crippen LogP contribution < -0.4 is 5.84 Å². The summed E-state index contributed by atoms with van der Waals surface area (Å²) in [4.78, 5) is 2.65. The summed E-state index contributed by atoms with van der Waals surface area (Å²) in [6.45, 7) is 6.03. The fourth-order valence-corrected chi connectivity index (χ4v) is 3.79. The average molecular weight is 299 g/mol. The molecule has 1 aromatic carbocycles. The molecule has 0 spiro atoms. The van der Waals surface area contributed by atoms with Gasteiger partial charge in [-0.2, -0.15) is 0 Å². The normalized spacial score (nSPS) is 17.3. The van der Waals surface area contributed by atoms with E-state index in [0.717, 1.165) is 5.52 Å². The smallest absolute Gasteiger partial charge is 0.0693 e. The van der Waals surface area contributed by atoms with Gasteiger partial charge in [0.1, 0.15) is 0 Å². The maximum absolute atomic E-state index is 6.11. The summed E-state index contributed by atoms with van der Waals surface area (Å²) in [5, 5.41) is 1.34. The van der Waals surface area contributed by atoms with Gasteiger partial charge in [0.15, 0.2) is 0 Å². The zero-order chi connectivity index (χ0) is 15.4. The third kappa shape index (κ3) is 3.30. The third-order valence-corrected chi connectivity index (χ3v) is 5.13. The summed E-state index contributed by atoms with van der Waals surface area (Å²) in [7, 11) is 0. The molecule has 3 rings (SSSR count). The van der Waals surface area contributed by atoms with Crippen molar-refractivity contribution in [2.24, 2.45) is 0 Å². The molecule has 3 heteroatoms. The Kier molecular flexibility index (Phi) is 5.04. The fraction of sp³-hybridized carbons (Fsp3) is 0.579. The molecule has 1 aliphatic rings. The van der Waals surface area contributed by atoms with Crippen LogP contribution in [0.15, 0.2) is 30.5 Å². The molecule has 0 aliphatic carbocycles. The maximum Gasteiger partial charge on any atom is 0.0693 e. The highest BCUT2D eigenvalue weighted by Gasteiger charge is 2.23. The van der Waals surface area contributed by atoms with Crippen molar-refractivity contribution in [1.29, 1.82) is 0 Å². The molecule has 22 heavy (non-hydrogen) atoms. The van der Waals surface area contributed by atoms with E-state index in [0.29, 0.717) is 5.92 Å². The van der Waals surface area contributed by atoms with Crippen LogP contribution in [0, 0.1) is 0 Å². The fourth-order valence-electron chi connectivity index (χ4n) is 3.79. The number of likely N-dealkylation sites (tertiary alicyclic amines) is 1. The van der Waals surface area contributed by atoms with Crippen molar-refractivity contribution in [2.75, 3.05) is 25.5 Å². The number of nitrogens with zero attached hydrogens (tertiary/aromatic N) is 2. The van der Waals surface area contributed by atoms with Crippen molar-refractivity contribution in [3.63, 3.8) is 0 Å². The Balaban J connectivity index is 1.59. The zero-order valence-electron chi connectivity index (χ0n) is 13.8. The number of benzene rings is 1. The summed E-state index contributed by atoms with van der Waals surface area (Å²) in [6, 6.07) is 8.51. The van der Waals surface area contributed by atoms with Crippen LogP contribution in [0.4, 0.5) is 0 Å². The van der Waals surface area contributed by atoms with Crippen LogP contribution >= 0.6 is 0 Å². The van der Waals surface area contributed by atoms with Gasteiger partial charge in [-0.05, 0) is 56.4 Å². The first-order valence-corrected chi connectivity index (χ1v) is 8.87. The Morgan fingerprint density at radius 1 is 1.09 bits per heavy atom. The van der Waals surface area contributed by atoms with Crippen molar-refractivity contribution < 1.29 is 0 Å². The lowest BCUT2D eigenvalue weighted by molar-refractivity contribution is 0.208. The summed E-state index contributed by atoms with van der Waals surface area (Å²) in [5.41, 5.74) is 2.60. The molecule has 1 fully saturated rings. The van der Waals surface area contributed by atoms with E-state index < -0.39 is 0 Å². The quantitative estimate of drug-likeness (QED) is 0.643. The van der Waals surface area contributed by atoms with Gasteiger partial charge in [-0.3, -0.25) is 4.68 Å². The third-order valence-electron chi connectivity index (χ3n) is 5.13. The zero-order valence-corrected chi connectivity index (χ0v) is 13.8. The Morgan fingerprint density at radius 3 is 2.64 bits per heavy atom. The molecule has 120 valence electrons. The molecule has 3 nitrogen and oxygen atoms in total. The van der Waals surface area contributed by atoms with Gasteiger partial charge in [-0.1, -0.05) is 44.4 Å². The lowest BCUT2D eigenvalue weighted by atomic mass is 9.89. The van der Waals surface area contributed by atoms with Gasteiger partial charge in [-0.25, -0.2) is 0 Å². The van der Waals surface area contributed by atoms with E-state index in [-0.39, 0.29) is 0 Å². The van der Waals surface area contributed by atoms with Crippen LogP contribution in [-0.4, -0.2) is 29.2 Å². The van der Waals surface area contributed by atoms with Gasteiger partial charge in [0.2, 0.25) is 0 Å². The molecular formula is C19H29N3. The number of para-hydroxylation sites is 1. The van der Waals surface area contributed by atoms with Crippen molar-refractivity contribution in [2.45, 2.75) is 51.4 Å². The van der Waals surface area contributed by atoms with Crippen LogP contribution in [0.5, 0.6) is 0 Å². The molecule has 1 aliphatic heterocycles. The number of hydrogen-bond donors (Lipinski definition) is 1. The highest BCUT2D eigenvalue weighted by molar-refractivity contribution is 5.84. The second-order valence-corrected chi connectivity index (χ2v) is 6.69. The van der Waals surface area contributed by atoms with Crippen LogP contribution in [0.2, 0.25) is 0 Å². The molecule has 0 unspecified atom stereocenters. The first-order chi connectivity index (χ1) is 10.8. The Morgan fingerprint density at radius 2 is 1.86 bits per heavy atom. The number of aromatic nitrogens is 1. The SMILES string of the molecule is CCCCCCN1CCC(c2cn(N)c3ccccc23)CC1. The molecule has 0 amide bonds. The van der Waals surface area contributed by atoms with Gasteiger partial charge >= 0.3 is 0 Å². The average Bonchev–Trinajstić information content (AvgIpc) is 2.90. The largest absolute Gasteiger partial charge is 0.339 e. The van der Waals surface area contributed by atoms with Crippen LogP contribution in [0.25, 0.3) is 10.9 Å². The number of piperidine rings is 1. The molecule has 0 saturated carbocycles. The van der Waals surface area contributed by atoms with Crippen LogP contribution in [0.1, 0.15) is 56.9 Å². The molecule has 0 atom stereocenters. The lowest BCUT2D eigenvalue weighted by Crippen LogP contribution is -2.33. The first-order valence-electron chi connectivity index (χ1n) is 8.87. The minimum atomic E-state index is 0.668. The van der Waals surface area contributed by atoms with E-state index >= 15 is 0 Å².